The van der Waals surface area contributed by atoms with Crippen molar-refractivity contribution in [2.24, 2.45) is 17.3 Å². The largest absolute Gasteiger partial charge is 0.368 e. The fourth-order valence-corrected chi connectivity index (χ4v) is 6.25. The van der Waals surface area contributed by atoms with Gasteiger partial charge >= 0.3 is 0 Å². The minimum Gasteiger partial charge on any atom is -0.368 e. The number of fused-ring (bicyclic) bond motifs is 1. The number of amides is 1. The zero-order chi connectivity index (χ0) is 20.0. The fourth-order valence-electron chi connectivity index (χ4n) is 6.25. The van der Waals surface area contributed by atoms with Crippen LogP contribution >= 0.6 is 0 Å². The highest BCUT2D eigenvalue weighted by Gasteiger charge is 2.47. The van der Waals surface area contributed by atoms with Crippen LogP contribution in [0.1, 0.15) is 75.3 Å². The molecule has 3 nitrogen and oxygen atoms in total. The van der Waals surface area contributed by atoms with Crippen molar-refractivity contribution in [1.82, 2.24) is 9.80 Å². The predicted octanol–water partition coefficient (Wildman–Crippen LogP) is 5.29. The lowest BCUT2D eigenvalue weighted by Gasteiger charge is -2.38. The van der Waals surface area contributed by atoms with Crippen LogP contribution in [0.5, 0.6) is 0 Å². The van der Waals surface area contributed by atoms with Crippen LogP contribution in [0.25, 0.3) is 5.70 Å². The summed E-state index contributed by atoms with van der Waals surface area (Å²) in [5.41, 5.74) is 3.85. The van der Waals surface area contributed by atoms with Crippen molar-refractivity contribution in [3.05, 3.63) is 42.0 Å². The van der Waals surface area contributed by atoms with E-state index in [9.17, 15) is 4.79 Å². The molecule has 3 aliphatic carbocycles. The van der Waals surface area contributed by atoms with Gasteiger partial charge in [0.05, 0.1) is 0 Å². The van der Waals surface area contributed by atoms with Gasteiger partial charge in [0.1, 0.15) is 0 Å². The highest BCUT2D eigenvalue weighted by atomic mass is 16.2. The quantitative estimate of drug-likeness (QED) is 0.695. The third-order valence-corrected chi connectivity index (χ3v) is 8.46. The summed E-state index contributed by atoms with van der Waals surface area (Å²) >= 11 is 0. The Morgan fingerprint density at radius 2 is 1.55 bits per heavy atom. The number of piperazine rings is 1. The number of carbonyl (C=O) groups is 1. The molecule has 3 saturated carbocycles. The number of carbonyl (C=O) groups excluding carboxylic acids is 1. The fraction of sp³-hybridized carbons (Fsp3) is 0.654. The Hall–Kier alpha value is -1.77. The zero-order valence-corrected chi connectivity index (χ0v) is 18.0. The molecule has 0 bridgehead atoms. The lowest BCUT2D eigenvalue weighted by atomic mass is 9.71. The maximum absolute atomic E-state index is 12.6. The first kappa shape index (κ1) is 19.2. The lowest BCUT2D eigenvalue weighted by molar-refractivity contribution is -0.137. The molecule has 0 spiro atoms. The van der Waals surface area contributed by atoms with Crippen LogP contribution in [0, 0.1) is 17.3 Å². The molecular weight excluding hydrogens is 356 g/mol. The van der Waals surface area contributed by atoms with Gasteiger partial charge in [-0.15, -0.1) is 0 Å². The van der Waals surface area contributed by atoms with E-state index >= 15 is 0 Å². The first-order chi connectivity index (χ1) is 14.0. The van der Waals surface area contributed by atoms with Crippen LogP contribution in [0.3, 0.4) is 0 Å². The Labute approximate surface area is 176 Å². The van der Waals surface area contributed by atoms with Gasteiger partial charge in [0, 0.05) is 37.3 Å². The second kappa shape index (κ2) is 7.49. The van der Waals surface area contributed by atoms with Crippen molar-refractivity contribution in [1.29, 1.82) is 0 Å². The molecule has 5 rings (SSSR count). The monoisotopic (exact) mass is 392 g/mol. The normalized spacial score (nSPS) is 30.7. The third kappa shape index (κ3) is 3.62. The molecule has 3 unspecified atom stereocenters. The van der Waals surface area contributed by atoms with E-state index in [0.29, 0.717) is 5.91 Å². The van der Waals surface area contributed by atoms with E-state index in [-0.39, 0.29) is 5.41 Å². The number of nitrogens with zero attached hydrogens (tertiary/aromatic N) is 2. The smallest absolute Gasteiger partial charge is 0.228 e. The molecule has 4 fully saturated rings. The summed E-state index contributed by atoms with van der Waals surface area (Å²) in [7, 11) is 0. The number of hydrogen-bond acceptors (Lipinski definition) is 2. The SMILES string of the molecule is C=C(c1ccc(C2CCCC3CCCC32)cc1)N1CCN(C(=O)C2(C)CC2)CC1. The Balaban J connectivity index is 1.20. The number of rotatable bonds is 4. The number of hydrogen-bond donors (Lipinski definition) is 0. The molecule has 3 heteroatoms. The predicted molar refractivity (Wildman–Crippen MR) is 118 cm³/mol. The van der Waals surface area contributed by atoms with Gasteiger partial charge < -0.3 is 9.80 Å². The molecule has 1 heterocycles. The Kier molecular flexibility index (Phi) is 4.96. The van der Waals surface area contributed by atoms with Crippen LogP contribution in [-0.2, 0) is 4.79 Å². The number of benzene rings is 1. The molecule has 1 aromatic carbocycles. The van der Waals surface area contributed by atoms with Gasteiger partial charge in [-0.1, -0.05) is 63.5 Å². The van der Waals surface area contributed by atoms with E-state index < -0.39 is 0 Å². The highest BCUT2D eigenvalue weighted by molar-refractivity contribution is 5.85. The molecule has 4 aliphatic rings. The second-order valence-electron chi connectivity index (χ2n) is 10.3. The average molecular weight is 393 g/mol. The Bertz CT molecular complexity index is 770. The third-order valence-electron chi connectivity index (χ3n) is 8.46. The van der Waals surface area contributed by atoms with Crippen LogP contribution in [0.2, 0.25) is 0 Å². The molecule has 0 N–H and O–H groups in total. The van der Waals surface area contributed by atoms with Gasteiger partial charge in [-0.2, -0.15) is 0 Å². The van der Waals surface area contributed by atoms with Crippen molar-refractivity contribution in [3.8, 4) is 0 Å². The van der Waals surface area contributed by atoms with Gasteiger partial charge in [0.15, 0.2) is 0 Å². The van der Waals surface area contributed by atoms with Gasteiger partial charge in [-0.3, -0.25) is 4.79 Å². The minimum atomic E-state index is -0.0492. The van der Waals surface area contributed by atoms with E-state index in [1.165, 1.54) is 44.1 Å². The van der Waals surface area contributed by atoms with E-state index in [1.54, 1.807) is 5.56 Å². The lowest BCUT2D eigenvalue weighted by Crippen LogP contribution is -2.49. The molecule has 0 radical (unpaired) electrons. The molecule has 156 valence electrons. The van der Waals surface area contributed by atoms with E-state index in [0.717, 1.165) is 62.5 Å². The molecule has 1 aliphatic heterocycles. The molecular formula is C26H36N2O. The summed E-state index contributed by atoms with van der Waals surface area (Å²) in [6, 6.07) is 9.33. The maximum atomic E-state index is 12.6. The molecule has 0 aromatic heterocycles. The van der Waals surface area contributed by atoms with Gasteiger partial charge in [-0.05, 0) is 54.6 Å². The molecule has 3 atom stereocenters. The summed E-state index contributed by atoms with van der Waals surface area (Å²) in [6.07, 6.45) is 10.7. The van der Waals surface area contributed by atoms with Crippen LogP contribution in [0.4, 0.5) is 0 Å². The molecule has 29 heavy (non-hydrogen) atoms. The van der Waals surface area contributed by atoms with Crippen molar-refractivity contribution >= 4 is 11.6 Å². The summed E-state index contributed by atoms with van der Waals surface area (Å²) in [4.78, 5) is 17.0. The van der Waals surface area contributed by atoms with Crippen LogP contribution < -0.4 is 0 Å². The van der Waals surface area contributed by atoms with Crippen LogP contribution in [-0.4, -0.2) is 41.9 Å². The second-order valence-corrected chi connectivity index (χ2v) is 10.3. The average Bonchev–Trinajstić information content (AvgIpc) is 3.33. The summed E-state index contributed by atoms with van der Waals surface area (Å²) in [5.74, 6) is 3.05. The van der Waals surface area contributed by atoms with Gasteiger partial charge in [0.25, 0.3) is 0 Å². The van der Waals surface area contributed by atoms with E-state index in [1.807, 2.05) is 0 Å². The minimum absolute atomic E-state index is 0.0492. The van der Waals surface area contributed by atoms with Gasteiger partial charge in [-0.25, -0.2) is 0 Å². The van der Waals surface area contributed by atoms with Crippen molar-refractivity contribution in [2.45, 2.75) is 64.2 Å². The summed E-state index contributed by atoms with van der Waals surface area (Å²) in [6.45, 7) is 9.97. The Morgan fingerprint density at radius 1 is 0.931 bits per heavy atom. The van der Waals surface area contributed by atoms with Crippen LogP contribution in [0.15, 0.2) is 30.8 Å². The molecule has 1 saturated heterocycles. The summed E-state index contributed by atoms with van der Waals surface area (Å²) < 4.78 is 0. The van der Waals surface area contributed by atoms with Crippen molar-refractivity contribution in [3.63, 3.8) is 0 Å². The van der Waals surface area contributed by atoms with Crippen molar-refractivity contribution < 1.29 is 4.79 Å². The molecule has 1 aromatic rings. The Morgan fingerprint density at radius 3 is 2.21 bits per heavy atom. The van der Waals surface area contributed by atoms with E-state index in [2.05, 4.69) is 47.6 Å². The van der Waals surface area contributed by atoms with E-state index in [4.69, 9.17) is 0 Å². The summed E-state index contributed by atoms with van der Waals surface area (Å²) in [5, 5.41) is 0. The van der Waals surface area contributed by atoms with Gasteiger partial charge in [0.2, 0.25) is 5.91 Å². The standard InChI is InChI=1S/C26H36N2O/c1-19(27-15-17-28(18-16-27)25(29)26(2)13-14-26)20-9-11-22(12-10-20)24-8-4-6-21-5-3-7-23(21)24/h9-12,21,23-24H,1,3-8,13-18H2,2H3. The first-order valence-corrected chi connectivity index (χ1v) is 11.9. The first-order valence-electron chi connectivity index (χ1n) is 11.9. The highest BCUT2D eigenvalue weighted by Crippen LogP contribution is 2.49. The zero-order valence-electron chi connectivity index (χ0n) is 18.0. The van der Waals surface area contributed by atoms with Crippen molar-refractivity contribution in [2.75, 3.05) is 26.2 Å². The maximum Gasteiger partial charge on any atom is 0.228 e. The topological polar surface area (TPSA) is 23.6 Å². The molecule has 1 amide bonds.